The quantitative estimate of drug-likeness (QED) is 0.758. The molecule has 15 heavy (non-hydrogen) atoms. The van der Waals surface area contributed by atoms with Crippen molar-refractivity contribution in [3.8, 4) is 0 Å². The van der Waals surface area contributed by atoms with Crippen molar-refractivity contribution in [2.45, 2.75) is 13.3 Å². The van der Waals surface area contributed by atoms with E-state index < -0.39 is 17.8 Å². The summed E-state index contributed by atoms with van der Waals surface area (Å²) in [6.45, 7) is 1.69. The lowest BCUT2D eigenvalue weighted by molar-refractivity contribution is -0.143. The Bertz CT molecular complexity index is 423. The summed E-state index contributed by atoms with van der Waals surface area (Å²) in [7, 11) is 0. The average Bonchev–Trinajstić information content (AvgIpc) is 2.23. The summed E-state index contributed by atoms with van der Waals surface area (Å²) in [5.41, 5.74) is 1.54. The normalized spacial score (nSPS) is 24.7. The number of benzene rings is 1. The molecule has 3 heteroatoms. The molecule has 0 bridgehead atoms. The molecule has 3 nitrogen and oxygen atoms in total. The molecule has 2 atom stereocenters. The fourth-order valence-electron chi connectivity index (χ4n) is 2.08. The first kappa shape index (κ1) is 9.90. The highest BCUT2D eigenvalue weighted by Crippen LogP contribution is 2.29. The van der Waals surface area contributed by atoms with E-state index in [1.807, 2.05) is 18.2 Å². The van der Waals surface area contributed by atoms with Crippen molar-refractivity contribution < 1.29 is 14.7 Å². The van der Waals surface area contributed by atoms with Crippen LogP contribution in [0.1, 0.15) is 22.8 Å². The predicted octanol–water partition coefficient (Wildman–Crippen LogP) is 1.76. The van der Waals surface area contributed by atoms with Gasteiger partial charge in [-0.1, -0.05) is 31.2 Å². The molecule has 0 saturated heterocycles. The van der Waals surface area contributed by atoms with Crippen molar-refractivity contribution in [1.82, 2.24) is 0 Å². The third-order valence-electron chi connectivity index (χ3n) is 3.06. The van der Waals surface area contributed by atoms with E-state index in [4.69, 9.17) is 5.11 Å². The second-order valence-electron chi connectivity index (χ2n) is 3.96. The van der Waals surface area contributed by atoms with Gasteiger partial charge in [0.05, 0.1) is 5.92 Å². The molecule has 0 heterocycles. The van der Waals surface area contributed by atoms with E-state index in [1.54, 1.807) is 13.0 Å². The third-order valence-corrected chi connectivity index (χ3v) is 3.06. The van der Waals surface area contributed by atoms with E-state index in [0.29, 0.717) is 12.0 Å². The summed E-state index contributed by atoms with van der Waals surface area (Å²) in [4.78, 5) is 22.8. The van der Waals surface area contributed by atoms with Gasteiger partial charge in [0.2, 0.25) is 0 Å². The minimum atomic E-state index is -0.884. The summed E-state index contributed by atoms with van der Waals surface area (Å²) in [5, 5.41) is 9.00. The number of aliphatic carboxylic acids is 1. The fraction of sp³-hybridized carbons (Fsp3) is 0.333. The maximum Gasteiger partial charge on any atom is 0.307 e. The van der Waals surface area contributed by atoms with Gasteiger partial charge < -0.3 is 5.11 Å². The molecule has 0 saturated carbocycles. The number of ketones is 1. The molecule has 0 amide bonds. The highest BCUT2D eigenvalue weighted by Gasteiger charge is 2.36. The van der Waals surface area contributed by atoms with Gasteiger partial charge >= 0.3 is 5.97 Å². The molecule has 1 aliphatic carbocycles. The number of hydrogen-bond acceptors (Lipinski definition) is 2. The second kappa shape index (κ2) is 3.50. The number of Topliss-reactive ketones (excluding diaryl/α,β-unsaturated/α-hetero) is 1. The first-order valence-corrected chi connectivity index (χ1v) is 4.96. The van der Waals surface area contributed by atoms with Gasteiger partial charge in [-0.3, -0.25) is 9.59 Å². The standard InChI is InChI=1S/C12H12O3/c1-7-10(12(14)15)6-8-4-2-3-5-9(8)11(7)13/h2-5,7,10H,6H2,1H3,(H,14,15). The van der Waals surface area contributed by atoms with Gasteiger partial charge in [-0.15, -0.1) is 0 Å². The zero-order valence-corrected chi connectivity index (χ0v) is 8.43. The van der Waals surface area contributed by atoms with Crippen LogP contribution in [-0.2, 0) is 11.2 Å². The lowest BCUT2D eigenvalue weighted by Crippen LogP contribution is -2.34. The Kier molecular flexibility index (Phi) is 2.31. The molecule has 0 spiro atoms. The first-order valence-electron chi connectivity index (χ1n) is 4.96. The van der Waals surface area contributed by atoms with Crippen LogP contribution in [0, 0.1) is 11.8 Å². The Morgan fingerprint density at radius 1 is 1.40 bits per heavy atom. The van der Waals surface area contributed by atoms with Crippen molar-refractivity contribution in [2.24, 2.45) is 11.8 Å². The van der Waals surface area contributed by atoms with Crippen LogP contribution in [0.4, 0.5) is 0 Å². The minimum Gasteiger partial charge on any atom is -0.481 e. The number of rotatable bonds is 1. The number of fused-ring (bicyclic) bond motifs is 1. The topological polar surface area (TPSA) is 54.4 Å². The van der Waals surface area contributed by atoms with Crippen LogP contribution in [0.25, 0.3) is 0 Å². The molecular formula is C12H12O3. The number of carboxylic acids is 1. The second-order valence-corrected chi connectivity index (χ2v) is 3.96. The molecule has 78 valence electrons. The molecule has 0 aromatic heterocycles. The van der Waals surface area contributed by atoms with Gasteiger partial charge in [-0.25, -0.2) is 0 Å². The maximum atomic E-state index is 11.9. The van der Waals surface area contributed by atoms with Crippen LogP contribution in [0.2, 0.25) is 0 Å². The van der Waals surface area contributed by atoms with Crippen molar-refractivity contribution in [3.63, 3.8) is 0 Å². The van der Waals surface area contributed by atoms with Gasteiger partial charge in [0.1, 0.15) is 0 Å². The Hall–Kier alpha value is -1.64. The van der Waals surface area contributed by atoms with E-state index in [2.05, 4.69) is 0 Å². The third kappa shape index (κ3) is 1.54. The van der Waals surface area contributed by atoms with Gasteiger partial charge in [-0.2, -0.15) is 0 Å². The van der Waals surface area contributed by atoms with E-state index in [9.17, 15) is 9.59 Å². The van der Waals surface area contributed by atoms with Crippen molar-refractivity contribution in [1.29, 1.82) is 0 Å². The number of carbonyl (C=O) groups is 2. The predicted molar refractivity (Wildman–Crippen MR) is 54.8 cm³/mol. The van der Waals surface area contributed by atoms with E-state index in [-0.39, 0.29) is 5.78 Å². The molecule has 2 unspecified atom stereocenters. The molecule has 0 fully saturated rings. The van der Waals surface area contributed by atoms with E-state index in [1.165, 1.54) is 0 Å². The molecule has 0 aliphatic heterocycles. The molecule has 1 aromatic rings. The summed E-state index contributed by atoms with van der Waals surface area (Å²) in [6.07, 6.45) is 0.457. The van der Waals surface area contributed by atoms with Gasteiger partial charge in [0.25, 0.3) is 0 Å². The van der Waals surface area contributed by atoms with Crippen molar-refractivity contribution in [3.05, 3.63) is 35.4 Å². The zero-order valence-electron chi connectivity index (χ0n) is 8.43. The Balaban J connectivity index is 2.45. The fourth-order valence-corrected chi connectivity index (χ4v) is 2.08. The molecule has 2 rings (SSSR count). The zero-order chi connectivity index (χ0) is 11.0. The van der Waals surface area contributed by atoms with E-state index in [0.717, 1.165) is 5.56 Å². The van der Waals surface area contributed by atoms with Gasteiger partial charge in [0.15, 0.2) is 5.78 Å². The van der Waals surface area contributed by atoms with Crippen LogP contribution in [0.15, 0.2) is 24.3 Å². The van der Waals surface area contributed by atoms with Crippen molar-refractivity contribution >= 4 is 11.8 Å². The number of hydrogen-bond donors (Lipinski definition) is 1. The van der Waals surface area contributed by atoms with Crippen LogP contribution in [-0.4, -0.2) is 16.9 Å². The van der Waals surface area contributed by atoms with Gasteiger partial charge in [-0.05, 0) is 12.0 Å². The Labute approximate surface area is 87.7 Å². The van der Waals surface area contributed by atoms with Crippen LogP contribution < -0.4 is 0 Å². The Morgan fingerprint density at radius 3 is 2.73 bits per heavy atom. The lowest BCUT2D eigenvalue weighted by Gasteiger charge is -2.26. The SMILES string of the molecule is CC1C(=O)c2ccccc2CC1C(=O)O. The number of carboxylic acid groups (broad SMARTS) is 1. The first-order chi connectivity index (χ1) is 7.11. The van der Waals surface area contributed by atoms with Crippen molar-refractivity contribution in [2.75, 3.05) is 0 Å². The summed E-state index contributed by atoms with van der Waals surface area (Å²) in [6, 6.07) is 7.24. The van der Waals surface area contributed by atoms with E-state index >= 15 is 0 Å². The summed E-state index contributed by atoms with van der Waals surface area (Å²) < 4.78 is 0. The Morgan fingerprint density at radius 2 is 2.07 bits per heavy atom. The molecule has 0 radical (unpaired) electrons. The largest absolute Gasteiger partial charge is 0.481 e. The van der Waals surface area contributed by atoms with Crippen LogP contribution >= 0.6 is 0 Å². The monoisotopic (exact) mass is 204 g/mol. The number of carbonyl (C=O) groups excluding carboxylic acids is 1. The van der Waals surface area contributed by atoms with Crippen LogP contribution in [0.5, 0.6) is 0 Å². The molecule has 1 aliphatic rings. The van der Waals surface area contributed by atoms with Crippen LogP contribution in [0.3, 0.4) is 0 Å². The highest BCUT2D eigenvalue weighted by molar-refractivity contribution is 6.02. The lowest BCUT2D eigenvalue weighted by atomic mass is 9.76. The molecule has 1 aromatic carbocycles. The molecular weight excluding hydrogens is 192 g/mol. The smallest absolute Gasteiger partial charge is 0.307 e. The highest BCUT2D eigenvalue weighted by atomic mass is 16.4. The van der Waals surface area contributed by atoms with Gasteiger partial charge in [0, 0.05) is 11.5 Å². The summed E-state index contributed by atoms with van der Waals surface area (Å²) >= 11 is 0. The average molecular weight is 204 g/mol. The maximum absolute atomic E-state index is 11.9. The molecule has 1 N–H and O–H groups in total. The minimum absolute atomic E-state index is 0.0516. The summed E-state index contributed by atoms with van der Waals surface area (Å²) in [5.74, 6) is -1.93.